The monoisotopic (exact) mass is 232 g/mol. The highest BCUT2D eigenvalue weighted by Gasteiger charge is 2.24. The molecule has 1 aliphatic heterocycles. The Morgan fingerprint density at radius 3 is 2.94 bits per heavy atom. The van der Waals surface area contributed by atoms with Crippen LogP contribution in [0.3, 0.4) is 0 Å². The van der Waals surface area contributed by atoms with Gasteiger partial charge in [0.2, 0.25) is 0 Å². The average Bonchev–Trinajstić information content (AvgIpc) is 2.75. The fourth-order valence-electron chi connectivity index (χ4n) is 2.00. The quantitative estimate of drug-likeness (QED) is 0.867. The number of nitrogens with one attached hydrogen (secondary N) is 1. The van der Waals surface area contributed by atoms with E-state index in [4.69, 9.17) is 14.7 Å². The van der Waals surface area contributed by atoms with Crippen LogP contribution in [0.25, 0.3) is 0 Å². The number of hydrogen-bond donors (Lipinski definition) is 1. The zero-order valence-electron chi connectivity index (χ0n) is 10.1. The molecule has 1 aromatic rings. The first-order valence-electron chi connectivity index (χ1n) is 5.71. The summed E-state index contributed by atoms with van der Waals surface area (Å²) >= 11 is 0. The summed E-state index contributed by atoms with van der Waals surface area (Å²) in [5, 5.41) is 12.2. The van der Waals surface area contributed by atoms with Crippen LogP contribution < -0.4 is 10.1 Å². The Kier molecular flexibility index (Phi) is 3.50. The van der Waals surface area contributed by atoms with E-state index in [1.165, 1.54) is 0 Å². The van der Waals surface area contributed by atoms with E-state index < -0.39 is 0 Å². The Morgan fingerprint density at radius 2 is 2.35 bits per heavy atom. The molecule has 0 amide bonds. The van der Waals surface area contributed by atoms with Gasteiger partial charge in [-0.25, -0.2) is 0 Å². The van der Waals surface area contributed by atoms with Gasteiger partial charge >= 0.3 is 0 Å². The molecule has 2 rings (SSSR count). The fourth-order valence-corrected chi connectivity index (χ4v) is 2.00. The van der Waals surface area contributed by atoms with E-state index in [2.05, 4.69) is 18.3 Å². The predicted octanol–water partition coefficient (Wildman–Crippen LogP) is 2.16. The number of nitrogens with zero attached hydrogens (tertiary/aromatic N) is 1. The standard InChI is InChI=1S/C13H16N2O2/c1-9-11(5-6-17-9)15-12-4-3-10(8-14)7-13(12)16-2/h3-4,7,9,11,15H,5-6H2,1-2H3. The predicted molar refractivity (Wildman–Crippen MR) is 65.2 cm³/mol. The normalized spacial score (nSPS) is 23.1. The Morgan fingerprint density at radius 1 is 1.53 bits per heavy atom. The maximum absolute atomic E-state index is 8.83. The summed E-state index contributed by atoms with van der Waals surface area (Å²) in [6.07, 6.45) is 1.19. The van der Waals surface area contributed by atoms with E-state index in [0.29, 0.717) is 17.4 Å². The molecule has 1 aromatic carbocycles. The first-order chi connectivity index (χ1) is 8.24. The zero-order valence-corrected chi connectivity index (χ0v) is 10.1. The molecule has 1 heterocycles. The molecule has 2 unspecified atom stereocenters. The third-order valence-electron chi connectivity index (χ3n) is 3.05. The number of nitriles is 1. The van der Waals surface area contributed by atoms with Crippen molar-refractivity contribution in [3.05, 3.63) is 23.8 Å². The molecule has 2 atom stereocenters. The van der Waals surface area contributed by atoms with E-state index in [0.717, 1.165) is 18.7 Å². The summed E-state index contributed by atoms with van der Waals surface area (Å²) in [5.74, 6) is 0.697. The summed E-state index contributed by atoms with van der Waals surface area (Å²) in [7, 11) is 1.61. The molecule has 17 heavy (non-hydrogen) atoms. The van der Waals surface area contributed by atoms with Gasteiger partial charge in [0.05, 0.1) is 36.6 Å². The minimum Gasteiger partial charge on any atom is -0.495 e. The second-order valence-corrected chi connectivity index (χ2v) is 4.14. The third-order valence-corrected chi connectivity index (χ3v) is 3.05. The number of hydrogen-bond acceptors (Lipinski definition) is 4. The minimum atomic E-state index is 0.204. The van der Waals surface area contributed by atoms with Gasteiger partial charge < -0.3 is 14.8 Å². The van der Waals surface area contributed by atoms with Crippen molar-refractivity contribution in [2.45, 2.75) is 25.5 Å². The molecule has 0 spiro atoms. The summed E-state index contributed by atoms with van der Waals surface area (Å²) in [6, 6.07) is 7.80. The van der Waals surface area contributed by atoms with Crippen LogP contribution in [0.4, 0.5) is 5.69 Å². The molecule has 1 N–H and O–H groups in total. The van der Waals surface area contributed by atoms with E-state index in [-0.39, 0.29) is 6.10 Å². The van der Waals surface area contributed by atoms with Crippen molar-refractivity contribution >= 4 is 5.69 Å². The molecule has 0 radical (unpaired) electrons. The lowest BCUT2D eigenvalue weighted by molar-refractivity contribution is 0.121. The van der Waals surface area contributed by atoms with Gasteiger partial charge in [-0.05, 0) is 25.5 Å². The number of anilines is 1. The minimum absolute atomic E-state index is 0.204. The molecule has 4 nitrogen and oxygen atoms in total. The van der Waals surface area contributed by atoms with Crippen molar-refractivity contribution in [3.8, 4) is 11.8 Å². The van der Waals surface area contributed by atoms with Crippen molar-refractivity contribution in [1.29, 1.82) is 5.26 Å². The van der Waals surface area contributed by atoms with Gasteiger partial charge in [-0.1, -0.05) is 0 Å². The van der Waals surface area contributed by atoms with Gasteiger partial charge in [-0.15, -0.1) is 0 Å². The lowest BCUT2D eigenvalue weighted by atomic mass is 10.1. The van der Waals surface area contributed by atoms with Gasteiger partial charge in [-0.3, -0.25) is 0 Å². The first kappa shape index (κ1) is 11.7. The van der Waals surface area contributed by atoms with Crippen LogP contribution in [0, 0.1) is 11.3 Å². The molecule has 0 saturated carbocycles. The number of benzene rings is 1. The Bertz CT molecular complexity index is 440. The van der Waals surface area contributed by atoms with Crippen molar-refractivity contribution in [2.24, 2.45) is 0 Å². The second kappa shape index (κ2) is 5.07. The van der Waals surface area contributed by atoms with E-state index in [1.54, 1.807) is 19.2 Å². The van der Waals surface area contributed by atoms with Crippen molar-refractivity contribution in [2.75, 3.05) is 19.0 Å². The number of methoxy groups -OCH3 is 1. The topological polar surface area (TPSA) is 54.3 Å². The first-order valence-corrected chi connectivity index (χ1v) is 5.71. The molecular weight excluding hydrogens is 216 g/mol. The average molecular weight is 232 g/mol. The van der Waals surface area contributed by atoms with Crippen LogP contribution in [-0.4, -0.2) is 25.9 Å². The molecule has 0 aromatic heterocycles. The molecule has 90 valence electrons. The highest BCUT2D eigenvalue weighted by Crippen LogP contribution is 2.28. The van der Waals surface area contributed by atoms with E-state index >= 15 is 0 Å². The van der Waals surface area contributed by atoms with Crippen molar-refractivity contribution < 1.29 is 9.47 Å². The van der Waals surface area contributed by atoms with Gasteiger partial charge in [-0.2, -0.15) is 5.26 Å². The summed E-state index contributed by atoms with van der Waals surface area (Å²) in [4.78, 5) is 0. The number of ether oxygens (including phenoxy) is 2. The maximum Gasteiger partial charge on any atom is 0.143 e. The third kappa shape index (κ3) is 2.51. The maximum atomic E-state index is 8.83. The zero-order chi connectivity index (χ0) is 12.3. The van der Waals surface area contributed by atoms with Crippen LogP contribution >= 0.6 is 0 Å². The van der Waals surface area contributed by atoms with Crippen LogP contribution in [0.15, 0.2) is 18.2 Å². The van der Waals surface area contributed by atoms with Gasteiger partial charge in [0.15, 0.2) is 0 Å². The highest BCUT2D eigenvalue weighted by atomic mass is 16.5. The van der Waals surface area contributed by atoms with Gasteiger partial charge in [0, 0.05) is 12.7 Å². The van der Waals surface area contributed by atoms with Crippen LogP contribution in [-0.2, 0) is 4.74 Å². The smallest absolute Gasteiger partial charge is 0.143 e. The Hall–Kier alpha value is -1.73. The Balaban J connectivity index is 2.18. The molecule has 1 aliphatic rings. The van der Waals surface area contributed by atoms with Crippen molar-refractivity contribution in [3.63, 3.8) is 0 Å². The van der Waals surface area contributed by atoms with Crippen LogP contribution in [0.1, 0.15) is 18.9 Å². The molecular formula is C13H16N2O2. The summed E-state index contributed by atoms with van der Waals surface area (Å²) in [6.45, 7) is 2.85. The highest BCUT2D eigenvalue weighted by molar-refractivity contribution is 5.60. The van der Waals surface area contributed by atoms with Crippen LogP contribution in [0.5, 0.6) is 5.75 Å². The molecule has 0 aliphatic carbocycles. The number of rotatable bonds is 3. The van der Waals surface area contributed by atoms with Crippen LogP contribution in [0.2, 0.25) is 0 Å². The largest absolute Gasteiger partial charge is 0.495 e. The van der Waals surface area contributed by atoms with E-state index in [1.807, 2.05) is 6.07 Å². The summed E-state index contributed by atoms with van der Waals surface area (Å²) < 4.78 is 10.8. The fraction of sp³-hybridized carbons (Fsp3) is 0.462. The SMILES string of the molecule is COc1cc(C#N)ccc1NC1CCOC1C. The molecule has 0 bridgehead atoms. The second-order valence-electron chi connectivity index (χ2n) is 4.14. The lowest BCUT2D eigenvalue weighted by Crippen LogP contribution is -2.26. The Labute approximate surface area is 101 Å². The molecule has 4 heteroatoms. The molecule has 1 saturated heterocycles. The molecule has 1 fully saturated rings. The lowest BCUT2D eigenvalue weighted by Gasteiger charge is -2.19. The van der Waals surface area contributed by atoms with Crippen molar-refractivity contribution in [1.82, 2.24) is 0 Å². The summed E-state index contributed by atoms with van der Waals surface area (Å²) in [5.41, 5.74) is 1.51. The van der Waals surface area contributed by atoms with E-state index in [9.17, 15) is 0 Å². The van der Waals surface area contributed by atoms with Gasteiger partial charge in [0.25, 0.3) is 0 Å². The van der Waals surface area contributed by atoms with Gasteiger partial charge in [0.1, 0.15) is 5.75 Å².